The first-order chi connectivity index (χ1) is 14.7. The fourth-order valence-electron chi connectivity index (χ4n) is 2.57. The van der Waals surface area contributed by atoms with Crippen molar-refractivity contribution in [3.05, 3.63) is 64.5 Å². The van der Waals surface area contributed by atoms with Crippen molar-refractivity contribution in [3.63, 3.8) is 0 Å². The van der Waals surface area contributed by atoms with Gasteiger partial charge in [0, 0.05) is 0 Å². The molecule has 0 spiro atoms. The van der Waals surface area contributed by atoms with Gasteiger partial charge in [-0.15, -0.1) is 5.06 Å². The highest BCUT2D eigenvalue weighted by atomic mass is 19.2. The fourth-order valence-corrected chi connectivity index (χ4v) is 2.57. The molecule has 0 saturated carbocycles. The third kappa shape index (κ3) is 4.39. The standard InChI is InChI=1S/C19H12F5NO6/c20-12-13(21)15(23)17(16(24)14(12)22)31-11(26)5-6-29-7-8-30-25-18(27)9-3-1-2-4-10(9)19(25)28/h1-4H,5-8H2. The minimum absolute atomic E-state index is 0.185. The van der Waals surface area contributed by atoms with Crippen LogP contribution in [0.4, 0.5) is 22.0 Å². The molecule has 12 heteroatoms. The average molecular weight is 445 g/mol. The van der Waals surface area contributed by atoms with Gasteiger partial charge in [-0.3, -0.25) is 19.2 Å². The second-order valence-electron chi connectivity index (χ2n) is 6.02. The molecule has 2 amide bonds. The van der Waals surface area contributed by atoms with Gasteiger partial charge in [-0.05, 0) is 12.1 Å². The number of carbonyl (C=O) groups is 3. The zero-order valence-electron chi connectivity index (χ0n) is 15.4. The van der Waals surface area contributed by atoms with Crippen molar-refractivity contribution in [1.82, 2.24) is 5.06 Å². The summed E-state index contributed by atoms with van der Waals surface area (Å²) in [6.07, 6.45) is -0.591. The van der Waals surface area contributed by atoms with Crippen molar-refractivity contribution in [3.8, 4) is 5.75 Å². The molecule has 0 bridgehead atoms. The second kappa shape index (κ2) is 9.18. The van der Waals surface area contributed by atoms with Gasteiger partial charge in [-0.1, -0.05) is 12.1 Å². The lowest BCUT2D eigenvalue weighted by Gasteiger charge is -2.13. The summed E-state index contributed by atoms with van der Waals surface area (Å²) < 4.78 is 75.2. The minimum atomic E-state index is -2.38. The molecule has 0 fully saturated rings. The molecule has 0 unspecified atom stereocenters. The summed E-state index contributed by atoms with van der Waals surface area (Å²) in [6, 6.07) is 6.10. The van der Waals surface area contributed by atoms with Crippen LogP contribution in [0.1, 0.15) is 27.1 Å². The lowest BCUT2D eigenvalue weighted by atomic mass is 10.1. The Bertz CT molecular complexity index is 996. The molecular weight excluding hydrogens is 433 g/mol. The van der Waals surface area contributed by atoms with Crippen molar-refractivity contribution < 1.29 is 50.6 Å². The Labute approximate surface area is 170 Å². The normalized spacial score (nSPS) is 13.0. The van der Waals surface area contributed by atoms with Crippen LogP contribution in [0.15, 0.2) is 24.3 Å². The summed E-state index contributed by atoms with van der Waals surface area (Å²) >= 11 is 0. The summed E-state index contributed by atoms with van der Waals surface area (Å²) in [5.74, 6) is -15.7. The number of imide groups is 1. The van der Waals surface area contributed by atoms with Crippen LogP contribution in [-0.4, -0.2) is 42.7 Å². The Hall–Kier alpha value is -3.38. The quantitative estimate of drug-likeness (QED) is 0.118. The van der Waals surface area contributed by atoms with Crippen LogP contribution in [0.5, 0.6) is 5.75 Å². The van der Waals surface area contributed by atoms with E-state index in [1.54, 1.807) is 12.1 Å². The van der Waals surface area contributed by atoms with E-state index in [1.165, 1.54) is 12.1 Å². The van der Waals surface area contributed by atoms with Gasteiger partial charge in [-0.25, -0.2) is 13.2 Å². The molecule has 1 aliphatic rings. The third-order valence-corrected chi connectivity index (χ3v) is 4.04. The Morgan fingerprint density at radius 1 is 0.774 bits per heavy atom. The van der Waals surface area contributed by atoms with Gasteiger partial charge in [0.25, 0.3) is 11.8 Å². The van der Waals surface area contributed by atoms with E-state index in [0.29, 0.717) is 5.06 Å². The molecule has 1 heterocycles. The van der Waals surface area contributed by atoms with Crippen LogP contribution < -0.4 is 4.74 Å². The number of carbonyl (C=O) groups excluding carboxylic acids is 3. The van der Waals surface area contributed by atoms with E-state index in [1.807, 2.05) is 0 Å². The SMILES string of the molecule is O=C(CCOCCON1C(=O)c2ccccc2C1=O)Oc1c(F)c(F)c(F)c(F)c1F. The predicted molar refractivity (Wildman–Crippen MR) is 90.2 cm³/mol. The highest BCUT2D eigenvalue weighted by molar-refractivity contribution is 6.20. The molecule has 2 aromatic carbocycles. The monoisotopic (exact) mass is 445 g/mol. The number of hydroxylamine groups is 2. The first-order valence-electron chi connectivity index (χ1n) is 8.64. The third-order valence-electron chi connectivity index (χ3n) is 4.04. The molecule has 7 nitrogen and oxygen atoms in total. The van der Waals surface area contributed by atoms with E-state index in [0.717, 1.165) is 0 Å². The second-order valence-corrected chi connectivity index (χ2v) is 6.02. The predicted octanol–water partition coefficient (Wildman–Crippen LogP) is 2.92. The smallest absolute Gasteiger partial charge is 0.313 e. The number of ether oxygens (including phenoxy) is 2. The number of esters is 1. The topological polar surface area (TPSA) is 82.1 Å². The zero-order valence-corrected chi connectivity index (χ0v) is 15.4. The molecule has 0 radical (unpaired) electrons. The zero-order chi connectivity index (χ0) is 22.7. The fraction of sp³-hybridized carbons (Fsp3) is 0.211. The first kappa shape index (κ1) is 22.3. The van der Waals surface area contributed by atoms with Gasteiger partial charge in [0.05, 0.1) is 37.4 Å². The van der Waals surface area contributed by atoms with Crippen LogP contribution in [0.2, 0.25) is 0 Å². The molecular formula is C19H12F5NO6. The number of hydrogen-bond acceptors (Lipinski definition) is 6. The van der Waals surface area contributed by atoms with E-state index in [9.17, 15) is 36.3 Å². The molecule has 2 aromatic rings. The van der Waals surface area contributed by atoms with E-state index in [-0.39, 0.29) is 30.9 Å². The van der Waals surface area contributed by atoms with Gasteiger partial charge in [0.2, 0.25) is 34.8 Å². The lowest BCUT2D eigenvalue weighted by Crippen LogP contribution is -2.31. The molecule has 0 saturated heterocycles. The number of fused-ring (bicyclic) bond motifs is 1. The minimum Gasteiger partial charge on any atom is -0.420 e. The highest BCUT2D eigenvalue weighted by Crippen LogP contribution is 2.29. The van der Waals surface area contributed by atoms with Gasteiger partial charge >= 0.3 is 5.97 Å². The summed E-state index contributed by atoms with van der Waals surface area (Å²) in [7, 11) is 0. The summed E-state index contributed by atoms with van der Waals surface area (Å²) in [6.45, 7) is -0.804. The van der Waals surface area contributed by atoms with Gasteiger partial charge in [0.15, 0.2) is 0 Å². The summed E-state index contributed by atoms with van der Waals surface area (Å²) in [4.78, 5) is 40.7. The van der Waals surface area contributed by atoms with Crippen molar-refractivity contribution in [1.29, 1.82) is 0 Å². The molecule has 0 aromatic heterocycles. The van der Waals surface area contributed by atoms with Crippen LogP contribution in [-0.2, 0) is 14.4 Å². The molecule has 3 rings (SSSR count). The summed E-state index contributed by atoms with van der Waals surface area (Å²) in [5, 5.41) is 0.561. The van der Waals surface area contributed by atoms with Gasteiger partial charge in [0.1, 0.15) is 0 Å². The van der Waals surface area contributed by atoms with Crippen molar-refractivity contribution in [2.45, 2.75) is 6.42 Å². The molecule has 164 valence electrons. The van der Waals surface area contributed by atoms with E-state index >= 15 is 0 Å². The van der Waals surface area contributed by atoms with E-state index in [2.05, 4.69) is 4.74 Å². The van der Waals surface area contributed by atoms with E-state index in [4.69, 9.17) is 9.57 Å². The molecule has 0 aliphatic carbocycles. The Morgan fingerprint density at radius 3 is 1.84 bits per heavy atom. The number of nitrogens with zero attached hydrogens (tertiary/aromatic N) is 1. The Kier molecular flexibility index (Phi) is 6.61. The highest BCUT2D eigenvalue weighted by Gasteiger charge is 2.36. The Morgan fingerprint density at radius 2 is 1.29 bits per heavy atom. The van der Waals surface area contributed by atoms with Gasteiger partial charge in [-0.2, -0.15) is 8.78 Å². The lowest BCUT2D eigenvalue weighted by molar-refractivity contribution is -0.136. The van der Waals surface area contributed by atoms with Gasteiger partial charge < -0.3 is 9.47 Å². The molecule has 0 N–H and O–H groups in total. The molecule has 31 heavy (non-hydrogen) atoms. The number of hydrogen-bond donors (Lipinski definition) is 0. The van der Waals surface area contributed by atoms with Crippen LogP contribution in [0.3, 0.4) is 0 Å². The van der Waals surface area contributed by atoms with Crippen molar-refractivity contribution in [2.75, 3.05) is 19.8 Å². The maximum Gasteiger partial charge on any atom is 0.313 e. The molecule has 0 atom stereocenters. The number of halogens is 5. The number of benzene rings is 2. The first-order valence-corrected chi connectivity index (χ1v) is 8.64. The maximum atomic E-state index is 13.5. The Balaban J connectivity index is 1.42. The molecule has 1 aliphatic heterocycles. The maximum absolute atomic E-state index is 13.5. The van der Waals surface area contributed by atoms with Crippen molar-refractivity contribution >= 4 is 17.8 Å². The van der Waals surface area contributed by atoms with Crippen LogP contribution >= 0.6 is 0 Å². The number of rotatable bonds is 8. The van der Waals surface area contributed by atoms with E-state index < -0.39 is 59.0 Å². The largest absolute Gasteiger partial charge is 0.420 e. The average Bonchev–Trinajstić information content (AvgIpc) is 3.01. The summed E-state index contributed by atoms with van der Waals surface area (Å²) in [5.41, 5.74) is 0.369. The van der Waals surface area contributed by atoms with Crippen molar-refractivity contribution in [2.24, 2.45) is 0 Å². The van der Waals surface area contributed by atoms with Crippen LogP contribution in [0, 0.1) is 29.1 Å². The van der Waals surface area contributed by atoms with Crippen LogP contribution in [0.25, 0.3) is 0 Å². The number of amides is 2.